The van der Waals surface area contributed by atoms with Crippen LogP contribution in [-0.4, -0.2) is 68.6 Å². The summed E-state index contributed by atoms with van der Waals surface area (Å²) in [6.07, 6.45) is -15.6. The second-order valence-electron chi connectivity index (χ2n) is 7.40. The van der Waals surface area contributed by atoms with Gasteiger partial charge in [0.05, 0.1) is 18.8 Å². The number of fused-ring (bicyclic) bond motifs is 1. The van der Waals surface area contributed by atoms with Gasteiger partial charge in [0.15, 0.2) is 0 Å². The molecule has 1 aromatic rings. The highest BCUT2D eigenvalue weighted by molar-refractivity contribution is 5.96. The van der Waals surface area contributed by atoms with Crippen molar-refractivity contribution >= 4 is 18.2 Å². The Morgan fingerprint density at radius 3 is 2.33 bits per heavy atom. The summed E-state index contributed by atoms with van der Waals surface area (Å²) < 4.78 is 107. The van der Waals surface area contributed by atoms with E-state index in [9.17, 15) is 46.0 Å². The van der Waals surface area contributed by atoms with Gasteiger partial charge in [-0.1, -0.05) is 6.92 Å². The fraction of sp³-hybridized carbons (Fsp3) is 0.524. The molecule has 1 heterocycles. The zero-order valence-electron chi connectivity index (χ0n) is 20.1. The zero-order chi connectivity index (χ0) is 29.4. The summed E-state index contributed by atoms with van der Waals surface area (Å²) in [6, 6.07) is 1.61. The molecule has 0 radical (unpaired) electrons. The van der Waals surface area contributed by atoms with E-state index in [0.717, 1.165) is 19.1 Å². The van der Waals surface area contributed by atoms with E-state index < -0.39 is 65.8 Å². The number of benzene rings is 1. The van der Waals surface area contributed by atoms with Crippen LogP contribution in [0.1, 0.15) is 25.0 Å². The van der Waals surface area contributed by atoms with E-state index in [-0.39, 0.29) is 37.4 Å². The molecular weight excluding hydrogens is 556 g/mol. The lowest BCUT2D eigenvalue weighted by Crippen LogP contribution is -2.41. The van der Waals surface area contributed by atoms with Gasteiger partial charge in [0.25, 0.3) is 5.09 Å². The number of ether oxygens (including phenoxy) is 6. The highest BCUT2D eigenvalue weighted by Gasteiger charge is 2.49. The highest BCUT2D eigenvalue weighted by atomic mass is 19.4. The van der Waals surface area contributed by atoms with Gasteiger partial charge in [0.1, 0.15) is 24.7 Å². The summed E-state index contributed by atoms with van der Waals surface area (Å²) in [6.45, 7) is 1.26. The molecule has 0 fully saturated rings. The molecule has 1 aliphatic heterocycles. The van der Waals surface area contributed by atoms with E-state index in [0.29, 0.717) is 6.08 Å². The number of hydrogen-bond donors (Lipinski definition) is 0. The Kier molecular flexibility index (Phi) is 10.6. The van der Waals surface area contributed by atoms with E-state index >= 15 is 0 Å². The molecule has 2 rings (SSSR count). The monoisotopic (exact) mass is 577 g/mol. The van der Waals surface area contributed by atoms with Gasteiger partial charge >= 0.3 is 24.7 Å². The van der Waals surface area contributed by atoms with Crippen LogP contribution in [-0.2, 0) is 35.0 Å². The van der Waals surface area contributed by atoms with Crippen LogP contribution in [0.25, 0.3) is 6.08 Å². The predicted octanol–water partition coefficient (Wildman–Crippen LogP) is 4.12. The summed E-state index contributed by atoms with van der Waals surface area (Å²) in [5.74, 6) is -2.78. The second-order valence-corrected chi connectivity index (χ2v) is 7.40. The molecule has 18 heteroatoms. The summed E-state index contributed by atoms with van der Waals surface area (Å²) >= 11 is 0. The molecule has 1 aromatic carbocycles. The molecule has 12 nitrogen and oxygen atoms in total. The molecule has 1 aliphatic rings. The predicted molar refractivity (Wildman–Crippen MR) is 113 cm³/mol. The number of carbonyl (C=O) groups is 2. The minimum atomic E-state index is -5.14. The number of hydrogen-bond acceptors (Lipinski definition) is 11. The molecule has 0 bridgehead atoms. The van der Waals surface area contributed by atoms with Crippen molar-refractivity contribution in [2.24, 2.45) is 0 Å². The number of halogens is 6. The molecule has 0 aromatic heterocycles. The van der Waals surface area contributed by atoms with Crippen LogP contribution in [0, 0.1) is 10.1 Å². The van der Waals surface area contributed by atoms with Gasteiger partial charge in [0.2, 0.25) is 12.4 Å². The standard InChI is InChI=1S/C21H21F6NO11/c1-3-12-8-14(39-21(25,26)27)9-13-10-15(17(20(22,23)24)38-16(12)13)18(29)36-11(2)37-19(30)34-6-4-33-5-7-35-28(31)32/h8-11,17H,3-7H2,1-2H3. The first-order valence-corrected chi connectivity index (χ1v) is 10.9. The Bertz CT molecular complexity index is 1070. The average molecular weight is 577 g/mol. The fourth-order valence-corrected chi connectivity index (χ4v) is 3.09. The lowest BCUT2D eigenvalue weighted by molar-refractivity contribution is -0.758. The molecule has 0 amide bonds. The van der Waals surface area contributed by atoms with Crippen LogP contribution in [0.3, 0.4) is 0 Å². The van der Waals surface area contributed by atoms with Crippen molar-refractivity contribution in [1.29, 1.82) is 0 Å². The van der Waals surface area contributed by atoms with Crippen LogP contribution in [0.4, 0.5) is 31.1 Å². The molecular formula is C21H21F6NO11. The molecule has 0 spiro atoms. The second kappa shape index (κ2) is 13.2. The van der Waals surface area contributed by atoms with Gasteiger partial charge in [-0.3, -0.25) is 0 Å². The maximum Gasteiger partial charge on any atom is 0.573 e. The first-order valence-electron chi connectivity index (χ1n) is 10.9. The van der Waals surface area contributed by atoms with Crippen molar-refractivity contribution in [3.63, 3.8) is 0 Å². The Hall–Kier alpha value is -3.96. The van der Waals surface area contributed by atoms with Crippen molar-refractivity contribution in [2.45, 2.75) is 45.2 Å². The third-order valence-electron chi connectivity index (χ3n) is 4.55. The maximum atomic E-state index is 13.7. The Morgan fingerprint density at radius 2 is 1.74 bits per heavy atom. The van der Waals surface area contributed by atoms with Gasteiger partial charge < -0.3 is 33.3 Å². The zero-order valence-corrected chi connectivity index (χ0v) is 20.1. The first kappa shape index (κ1) is 31.3. The first-order chi connectivity index (χ1) is 18.1. The molecule has 0 saturated carbocycles. The topological polar surface area (TPSA) is 142 Å². The summed E-state index contributed by atoms with van der Waals surface area (Å²) in [4.78, 5) is 38.1. The molecule has 0 saturated heterocycles. The van der Waals surface area contributed by atoms with Crippen LogP contribution in [0.5, 0.6) is 11.5 Å². The van der Waals surface area contributed by atoms with Crippen molar-refractivity contribution < 1.29 is 74.3 Å². The number of rotatable bonds is 12. The van der Waals surface area contributed by atoms with E-state index in [1.54, 1.807) is 0 Å². The van der Waals surface area contributed by atoms with E-state index in [1.165, 1.54) is 6.92 Å². The number of nitrogens with zero attached hydrogens (tertiary/aromatic N) is 1. The van der Waals surface area contributed by atoms with Gasteiger partial charge in [-0.25, -0.2) is 9.59 Å². The quantitative estimate of drug-likeness (QED) is 0.0884. The minimum Gasteiger partial charge on any atom is -0.475 e. The normalized spacial score (nSPS) is 15.7. The van der Waals surface area contributed by atoms with Gasteiger partial charge in [-0.05, 0) is 30.2 Å². The van der Waals surface area contributed by atoms with Crippen LogP contribution >= 0.6 is 0 Å². The Labute approximate surface area is 215 Å². The molecule has 39 heavy (non-hydrogen) atoms. The number of alkyl halides is 6. The minimum absolute atomic E-state index is 0.0275. The molecule has 2 atom stereocenters. The van der Waals surface area contributed by atoms with Crippen LogP contribution < -0.4 is 9.47 Å². The van der Waals surface area contributed by atoms with Crippen molar-refractivity contribution in [3.05, 3.63) is 38.9 Å². The molecule has 2 unspecified atom stereocenters. The van der Waals surface area contributed by atoms with Crippen molar-refractivity contribution in [1.82, 2.24) is 0 Å². The summed E-state index contributed by atoms with van der Waals surface area (Å²) in [5.41, 5.74) is -1.48. The Morgan fingerprint density at radius 1 is 1.08 bits per heavy atom. The third-order valence-corrected chi connectivity index (χ3v) is 4.55. The van der Waals surface area contributed by atoms with Crippen LogP contribution in [0.2, 0.25) is 0 Å². The molecule has 0 N–H and O–H groups in total. The van der Waals surface area contributed by atoms with Gasteiger partial charge in [-0.15, -0.1) is 23.3 Å². The smallest absolute Gasteiger partial charge is 0.475 e. The largest absolute Gasteiger partial charge is 0.573 e. The molecule has 218 valence electrons. The summed E-state index contributed by atoms with van der Waals surface area (Å²) in [7, 11) is 0. The third kappa shape index (κ3) is 10.0. The lowest BCUT2D eigenvalue weighted by atomic mass is 9.97. The number of aryl methyl sites for hydroxylation is 1. The van der Waals surface area contributed by atoms with Gasteiger partial charge in [0, 0.05) is 12.5 Å². The molecule has 0 aliphatic carbocycles. The van der Waals surface area contributed by atoms with Crippen LogP contribution in [0.15, 0.2) is 17.7 Å². The number of esters is 1. The van der Waals surface area contributed by atoms with Gasteiger partial charge in [-0.2, -0.15) is 13.2 Å². The van der Waals surface area contributed by atoms with Crippen molar-refractivity contribution in [3.8, 4) is 11.5 Å². The van der Waals surface area contributed by atoms with E-state index in [4.69, 9.17) is 14.2 Å². The highest BCUT2D eigenvalue weighted by Crippen LogP contribution is 2.42. The maximum absolute atomic E-state index is 13.7. The summed E-state index contributed by atoms with van der Waals surface area (Å²) in [5, 5.41) is 8.93. The lowest BCUT2D eigenvalue weighted by Gasteiger charge is -2.30. The SMILES string of the molecule is CCc1cc(OC(F)(F)F)cc2c1OC(C(F)(F)F)C(C(=O)OC(C)OC(=O)OCCOCCO[N+](=O)[O-])=C2. The fourth-order valence-electron chi connectivity index (χ4n) is 3.09. The van der Waals surface area contributed by atoms with E-state index in [1.807, 2.05) is 0 Å². The van der Waals surface area contributed by atoms with Crippen molar-refractivity contribution in [2.75, 3.05) is 26.4 Å². The number of carbonyl (C=O) groups excluding carboxylic acids is 2. The average Bonchev–Trinajstić information content (AvgIpc) is 2.80. The van der Waals surface area contributed by atoms with E-state index in [2.05, 4.69) is 19.0 Å². The Balaban J connectivity index is 2.08.